The van der Waals surface area contributed by atoms with Gasteiger partial charge in [0.05, 0.1) is 16.7 Å². The van der Waals surface area contributed by atoms with Crippen LogP contribution in [-0.2, 0) is 14.3 Å². The van der Waals surface area contributed by atoms with Gasteiger partial charge in [-0.15, -0.1) is 0 Å². The average Bonchev–Trinajstić information content (AvgIpc) is 2.50. The molecule has 4 nitrogen and oxygen atoms in total. The van der Waals surface area contributed by atoms with Gasteiger partial charge in [0.1, 0.15) is 5.02 Å². The fourth-order valence-electron chi connectivity index (χ4n) is 1.64. The molecule has 0 spiro atoms. The van der Waals surface area contributed by atoms with Crippen LogP contribution in [0.2, 0.25) is 15.1 Å². The summed E-state index contributed by atoms with van der Waals surface area (Å²) in [5.74, 6) is -0.372. The summed E-state index contributed by atoms with van der Waals surface area (Å²) in [5, 5.41) is 0.571. The molecular formula is C16H19Cl3O4. The van der Waals surface area contributed by atoms with Crippen LogP contribution in [-0.4, -0.2) is 18.5 Å². The second-order valence-electron chi connectivity index (χ2n) is 5.43. The Morgan fingerprint density at radius 1 is 1.00 bits per heavy atom. The molecule has 0 N–H and O–H groups in total. The monoisotopic (exact) mass is 380 g/mol. The molecule has 0 saturated carbocycles. The van der Waals surface area contributed by atoms with E-state index in [9.17, 15) is 9.59 Å². The minimum absolute atomic E-state index is 0.0576. The molecule has 1 aromatic carbocycles. The van der Waals surface area contributed by atoms with Crippen LogP contribution in [0.1, 0.15) is 39.5 Å². The fourth-order valence-corrected chi connectivity index (χ4v) is 2.23. The molecule has 0 aromatic heterocycles. The third-order valence-electron chi connectivity index (χ3n) is 2.81. The summed E-state index contributed by atoms with van der Waals surface area (Å²) in [6.45, 7) is 4.34. The van der Waals surface area contributed by atoms with Crippen molar-refractivity contribution in [2.75, 3.05) is 6.61 Å². The highest BCUT2D eigenvalue weighted by atomic mass is 35.5. The van der Waals surface area contributed by atoms with Crippen LogP contribution < -0.4 is 4.74 Å². The standard InChI is InChI=1S/C16H19Cl3O4/c1-10(2)9-22-13(20)5-3-4-6-14(21)23-16-12(18)8-7-11(17)15(16)19/h7-8,10H,3-6,9H2,1-2H3. The number of hydrogen-bond acceptors (Lipinski definition) is 4. The smallest absolute Gasteiger partial charge is 0.311 e. The number of ether oxygens (including phenoxy) is 2. The van der Waals surface area contributed by atoms with E-state index in [1.807, 2.05) is 13.8 Å². The summed E-state index contributed by atoms with van der Waals surface area (Å²) in [6, 6.07) is 3.02. The van der Waals surface area contributed by atoms with Crippen molar-refractivity contribution < 1.29 is 19.1 Å². The molecule has 1 rings (SSSR count). The van der Waals surface area contributed by atoms with Crippen molar-refractivity contribution in [3.63, 3.8) is 0 Å². The van der Waals surface area contributed by atoms with E-state index in [1.165, 1.54) is 12.1 Å². The van der Waals surface area contributed by atoms with E-state index in [-0.39, 0.29) is 39.6 Å². The summed E-state index contributed by atoms with van der Waals surface area (Å²) in [6.07, 6.45) is 1.48. The van der Waals surface area contributed by atoms with Gasteiger partial charge in [-0.2, -0.15) is 0 Å². The van der Waals surface area contributed by atoms with Crippen LogP contribution in [0.3, 0.4) is 0 Å². The predicted molar refractivity (Wildman–Crippen MR) is 91.4 cm³/mol. The Morgan fingerprint density at radius 2 is 1.57 bits per heavy atom. The number of rotatable bonds is 8. The molecular weight excluding hydrogens is 363 g/mol. The van der Waals surface area contributed by atoms with Gasteiger partial charge in [0, 0.05) is 12.8 Å². The first kappa shape index (κ1) is 20.1. The van der Waals surface area contributed by atoms with Gasteiger partial charge in [0.25, 0.3) is 0 Å². The molecule has 1 aromatic rings. The molecule has 0 aliphatic carbocycles. The molecule has 0 amide bonds. The fraction of sp³-hybridized carbons (Fsp3) is 0.500. The zero-order valence-corrected chi connectivity index (χ0v) is 15.3. The molecule has 128 valence electrons. The number of benzene rings is 1. The van der Waals surface area contributed by atoms with Crippen molar-refractivity contribution in [1.29, 1.82) is 0 Å². The second-order valence-corrected chi connectivity index (χ2v) is 6.62. The molecule has 0 aliphatic heterocycles. The second kappa shape index (κ2) is 10.0. The van der Waals surface area contributed by atoms with E-state index in [0.717, 1.165) is 0 Å². The first-order valence-corrected chi connectivity index (χ1v) is 8.44. The Morgan fingerprint density at radius 3 is 2.17 bits per heavy atom. The number of carbonyl (C=O) groups is 2. The maximum Gasteiger partial charge on any atom is 0.311 e. The molecule has 0 saturated heterocycles. The minimum Gasteiger partial charge on any atom is -0.465 e. The molecule has 23 heavy (non-hydrogen) atoms. The molecule has 0 aliphatic rings. The number of hydrogen-bond donors (Lipinski definition) is 0. The Kier molecular flexibility index (Phi) is 8.74. The SMILES string of the molecule is CC(C)COC(=O)CCCCC(=O)Oc1c(Cl)ccc(Cl)c1Cl. The molecule has 0 bridgehead atoms. The molecule has 0 atom stereocenters. The van der Waals surface area contributed by atoms with Crippen LogP contribution in [0.5, 0.6) is 5.75 Å². The van der Waals surface area contributed by atoms with Crippen LogP contribution in [0.4, 0.5) is 0 Å². The largest absolute Gasteiger partial charge is 0.465 e. The molecule has 0 fully saturated rings. The highest BCUT2D eigenvalue weighted by Gasteiger charge is 2.15. The van der Waals surface area contributed by atoms with E-state index >= 15 is 0 Å². The first-order valence-electron chi connectivity index (χ1n) is 7.31. The lowest BCUT2D eigenvalue weighted by molar-refractivity contribution is -0.145. The third kappa shape index (κ3) is 7.42. The Balaban J connectivity index is 2.33. The summed E-state index contributed by atoms with van der Waals surface area (Å²) < 4.78 is 10.2. The maximum absolute atomic E-state index is 11.8. The van der Waals surface area contributed by atoms with Crippen molar-refractivity contribution in [2.45, 2.75) is 39.5 Å². The van der Waals surface area contributed by atoms with Crippen LogP contribution in [0, 0.1) is 5.92 Å². The highest BCUT2D eigenvalue weighted by Crippen LogP contribution is 2.38. The van der Waals surface area contributed by atoms with E-state index in [1.54, 1.807) is 0 Å². The summed E-state index contributed by atoms with van der Waals surface area (Å²) in [7, 11) is 0. The third-order valence-corrected chi connectivity index (χ3v) is 3.89. The van der Waals surface area contributed by atoms with Gasteiger partial charge >= 0.3 is 11.9 Å². The summed E-state index contributed by atoms with van der Waals surface area (Å²) >= 11 is 17.7. The molecule has 0 unspecified atom stereocenters. The first-order chi connectivity index (χ1) is 10.8. The lowest BCUT2D eigenvalue weighted by Gasteiger charge is -2.09. The predicted octanol–water partition coefficient (Wildman–Crippen LogP) is 5.31. The number of carbonyl (C=O) groups excluding carboxylic acids is 2. The lowest BCUT2D eigenvalue weighted by Crippen LogP contribution is -2.11. The molecule has 7 heteroatoms. The van der Waals surface area contributed by atoms with Crippen molar-refractivity contribution >= 4 is 46.7 Å². The van der Waals surface area contributed by atoms with Gasteiger partial charge < -0.3 is 9.47 Å². The van der Waals surface area contributed by atoms with Gasteiger partial charge in [-0.3, -0.25) is 9.59 Å². The molecule has 0 heterocycles. The van der Waals surface area contributed by atoms with Gasteiger partial charge in [-0.25, -0.2) is 0 Å². The van der Waals surface area contributed by atoms with Gasteiger partial charge in [0.2, 0.25) is 0 Å². The zero-order valence-electron chi connectivity index (χ0n) is 13.0. The number of unbranched alkanes of at least 4 members (excludes halogenated alkanes) is 1. The normalized spacial score (nSPS) is 10.7. The van der Waals surface area contributed by atoms with Crippen LogP contribution in [0.25, 0.3) is 0 Å². The van der Waals surface area contributed by atoms with Crippen LogP contribution in [0.15, 0.2) is 12.1 Å². The quantitative estimate of drug-likeness (QED) is 0.265. The number of esters is 2. The van der Waals surface area contributed by atoms with Gasteiger partial charge in [-0.05, 0) is 30.9 Å². The highest BCUT2D eigenvalue weighted by molar-refractivity contribution is 6.44. The van der Waals surface area contributed by atoms with Crippen molar-refractivity contribution in [3.8, 4) is 5.75 Å². The Labute approximate surface area is 151 Å². The number of halogens is 3. The Bertz CT molecular complexity index is 559. The lowest BCUT2D eigenvalue weighted by atomic mass is 10.2. The van der Waals surface area contributed by atoms with E-state index in [0.29, 0.717) is 25.4 Å². The molecule has 0 radical (unpaired) electrons. The minimum atomic E-state index is -0.480. The topological polar surface area (TPSA) is 52.6 Å². The maximum atomic E-state index is 11.8. The van der Waals surface area contributed by atoms with Gasteiger partial charge in [-0.1, -0.05) is 48.7 Å². The van der Waals surface area contributed by atoms with E-state index < -0.39 is 5.97 Å². The zero-order chi connectivity index (χ0) is 17.4. The average molecular weight is 382 g/mol. The van der Waals surface area contributed by atoms with Crippen molar-refractivity contribution in [1.82, 2.24) is 0 Å². The van der Waals surface area contributed by atoms with Gasteiger partial charge in [0.15, 0.2) is 5.75 Å². The van der Waals surface area contributed by atoms with Crippen molar-refractivity contribution in [3.05, 3.63) is 27.2 Å². The Hall–Kier alpha value is -0.970. The summed E-state index contributed by atoms with van der Waals surface area (Å²) in [5.41, 5.74) is 0. The summed E-state index contributed by atoms with van der Waals surface area (Å²) in [4.78, 5) is 23.2. The van der Waals surface area contributed by atoms with Crippen molar-refractivity contribution in [2.24, 2.45) is 5.92 Å². The van der Waals surface area contributed by atoms with E-state index in [4.69, 9.17) is 44.3 Å². The van der Waals surface area contributed by atoms with Crippen LogP contribution >= 0.6 is 34.8 Å². The van der Waals surface area contributed by atoms with E-state index in [2.05, 4.69) is 0 Å².